The van der Waals surface area contributed by atoms with E-state index >= 15 is 0 Å². The number of pyridine rings is 2. The molecule has 0 fully saturated rings. The number of nitrogens with one attached hydrogen (secondary N) is 1. The molecule has 2 aromatic heterocycles. The van der Waals surface area contributed by atoms with E-state index in [0.717, 1.165) is 12.3 Å². The number of amides is 1. The first-order chi connectivity index (χ1) is 15.7. The van der Waals surface area contributed by atoms with Crippen LogP contribution in [-0.4, -0.2) is 48.4 Å². The van der Waals surface area contributed by atoms with Crippen molar-refractivity contribution in [2.75, 3.05) is 0 Å². The fourth-order valence-corrected chi connectivity index (χ4v) is 1.85. The van der Waals surface area contributed by atoms with Gasteiger partial charge in [0.1, 0.15) is 18.0 Å². The predicted molar refractivity (Wildman–Crippen MR) is 117 cm³/mol. The van der Waals surface area contributed by atoms with Gasteiger partial charge in [-0.3, -0.25) is 10.2 Å². The van der Waals surface area contributed by atoms with Crippen LogP contribution in [0.5, 0.6) is 0 Å². The highest BCUT2D eigenvalue weighted by molar-refractivity contribution is 5.96. The van der Waals surface area contributed by atoms with Gasteiger partial charge in [-0.1, -0.05) is 6.92 Å². The number of carbonyl (C=O) groups is 3. The molecule has 4 N–H and O–H groups in total. The summed E-state index contributed by atoms with van der Waals surface area (Å²) >= 11 is 0. The molecule has 0 radical (unpaired) electrons. The van der Waals surface area contributed by atoms with Crippen LogP contribution >= 0.6 is 0 Å². The third kappa shape index (κ3) is 11.8. The van der Waals surface area contributed by atoms with Crippen molar-refractivity contribution in [1.82, 2.24) is 15.4 Å². The first kappa shape index (κ1) is 29.5. The van der Waals surface area contributed by atoms with Crippen LogP contribution in [0.15, 0.2) is 36.7 Å². The second kappa shape index (κ2) is 13.8. The minimum absolute atomic E-state index is 0.120. The Hall–Kier alpha value is -4.53. The number of nitrogens with zero attached hydrogens (tertiary/aromatic N) is 4. The van der Waals surface area contributed by atoms with Crippen molar-refractivity contribution in [3.8, 4) is 0 Å². The number of ether oxygens (including phenoxy) is 1. The van der Waals surface area contributed by atoms with Crippen molar-refractivity contribution < 1.29 is 34.1 Å². The predicted octanol–water partition coefficient (Wildman–Crippen LogP) is 2.66. The van der Waals surface area contributed by atoms with Gasteiger partial charge < -0.3 is 30.1 Å². The standard InChI is InChI=1S/C8H8N2O3.C6H4N2O4.C5H12N2O2/c1-2-7(11)6-3-4-9-8(5-6)10(12)13;9-6(10)4-1-2-7-5(3-4)8(11)12;1-5(2,3)9-4(8)7-6/h3-5H,2H2,1H3;1-3H,(H,9,10);6H2,1-3H3,(H,7,8). The maximum absolute atomic E-state index is 11.1. The van der Waals surface area contributed by atoms with E-state index < -0.39 is 33.3 Å². The average molecular weight is 480 g/mol. The Labute approximate surface area is 193 Å². The number of aromatic nitrogens is 2. The van der Waals surface area contributed by atoms with Crippen LogP contribution in [0.4, 0.5) is 16.4 Å². The number of carboxylic acids is 1. The van der Waals surface area contributed by atoms with Crippen LogP contribution in [0.25, 0.3) is 0 Å². The molecule has 0 saturated heterocycles. The van der Waals surface area contributed by atoms with Crippen LogP contribution in [0, 0.1) is 20.2 Å². The lowest BCUT2D eigenvalue weighted by molar-refractivity contribution is -0.389. The largest absolute Gasteiger partial charge is 0.478 e. The summed E-state index contributed by atoms with van der Waals surface area (Å²) in [4.78, 5) is 57.8. The van der Waals surface area contributed by atoms with Crippen LogP contribution < -0.4 is 11.3 Å². The van der Waals surface area contributed by atoms with Crippen LogP contribution in [-0.2, 0) is 4.74 Å². The summed E-state index contributed by atoms with van der Waals surface area (Å²) in [6.45, 7) is 7.00. The van der Waals surface area contributed by atoms with Crippen molar-refractivity contribution in [2.45, 2.75) is 39.7 Å². The van der Waals surface area contributed by atoms with Gasteiger partial charge in [0.15, 0.2) is 5.78 Å². The molecule has 0 saturated carbocycles. The van der Waals surface area contributed by atoms with E-state index in [0.29, 0.717) is 12.0 Å². The molecular formula is C19H24N6O9. The van der Waals surface area contributed by atoms with Gasteiger partial charge in [-0.2, -0.15) is 0 Å². The highest BCUT2D eigenvalue weighted by Gasteiger charge is 2.14. The molecule has 1 amide bonds. The SMILES string of the molecule is CC(C)(C)OC(=O)NN.CCC(=O)c1ccnc([N+](=O)[O-])c1.O=C(O)c1ccnc([N+](=O)[O-])c1. The zero-order valence-corrected chi connectivity index (χ0v) is 18.8. The lowest BCUT2D eigenvalue weighted by Crippen LogP contribution is -2.36. The number of rotatable bonds is 5. The van der Waals surface area contributed by atoms with Crippen LogP contribution in [0.2, 0.25) is 0 Å². The molecule has 184 valence electrons. The molecule has 0 aliphatic rings. The molecule has 0 atom stereocenters. The Balaban J connectivity index is 0.000000490. The summed E-state index contributed by atoms with van der Waals surface area (Å²) in [7, 11) is 0. The van der Waals surface area contributed by atoms with Gasteiger partial charge in [-0.15, -0.1) is 0 Å². The molecule has 2 heterocycles. The quantitative estimate of drug-likeness (QED) is 0.184. The number of aromatic carboxylic acids is 1. The summed E-state index contributed by atoms with van der Waals surface area (Å²) in [5, 5.41) is 28.9. The van der Waals surface area contributed by atoms with E-state index in [2.05, 4.69) is 9.97 Å². The Morgan fingerprint density at radius 3 is 1.79 bits per heavy atom. The Bertz CT molecular complexity index is 1010. The lowest BCUT2D eigenvalue weighted by atomic mass is 10.1. The molecule has 0 spiro atoms. The van der Waals surface area contributed by atoms with Crippen molar-refractivity contribution in [2.24, 2.45) is 5.84 Å². The topological polar surface area (TPSA) is 231 Å². The molecular weight excluding hydrogens is 456 g/mol. The van der Waals surface area contributed by atoms with Crippen molar-refractivity contribution >= 4 is 29.5 Å². The highest BCUT2D eigenvalue weighted by atomic mass is 16.6. The van der Waals surface area contributed by atoms with E-state index in [1.807, 2.05) is 5.43 Å². The number of nitro groups is 2. The van der Waals surface area contributed by atoms with E-state index in [4.69, 9.17) is 15.7 Å². The van der Waals surface area contributed by atoms with Gasteiger partial charge in [0.05, 0.1) is 11.6 Å². The zero-order valence-electron chi connectivity index (χ0n) is 18.8. The molecule has 0 aliphatic carbocycles. The van der Waals surface area contributed by atoms with E-state index in [1.54, 1.807) is 27.7 Å². The van der Waals surface area contributed by atoms with Gasteiger partial charge in [0.2, 0.25) is 0 Å². The average Bonchev–Trinajstić information content (AvgIpc) is 2.78. The third-order valence-corrected chi connectivity index (χ3v) is 3.27. The van der Waals surface area contributed by atoms with Gasteiger partial charge in [-0.05, 0) is 52.7 Å². The van der Waals surface area contributed by atoms with Crippen LogP contribution in [0.3, 0.4) is 0 Å². The number of carbonyl (C=O) groups excluding carboxylic acids is 2. The van der Waals surface area contributed by atoms with E-state index in [-0.39, 0.29) is 17.2 Å². The molecule has 34 heavy (non-hydrogen) atoms. The van der Waals surface area contributed by atoms with E-state index in [9.17, 15) is 34.6 Å². The second-order valence-corrected chi connectivity index (χ2v) is 7.05. The molecule has 15 nitrogen and oxygen atoms in total. The van der Waals surface area contributed by atoms with Gasteiger partial charge >= 0.3 is 23.7 Å². The monoisotopic (exact) mass is 480 g/mol. The summed E-state index contributed by atoms with van der Waals surface area (Å²) < 4.78 is 4.71. The zero-order chi connectivity index (χ0) is 26.5. The lowest BCUT2D eigenvalue weighted by Gasteiger charge is -2.18. The fourth-order valence-electron chi connectivity index (χ4n) is 1.85. The highest BCUT2D eigenvalue weighted by Crippen LogP contribution is 2.11. The Kier molecular flexibility index (Phi) is 12.0. The number of hydrazine groups is 1. The normalized spacial score (nSPS) is 9.79. The molecule has 0 aromatic carbocycles. The van der Waals surface area contributed by atoms with Gasteiger partial charge in [-0.25, -0.2) is 15.4 Å². The molecule has 0 bridgehead atoms. The molecule has 15 heteroatoms. The smallest absolute Gasteiger partial charge is 0.421 e. The molecule has 2 aromatic rings. The maximum Gasteiger partial charge on any atom is 0.421 e. The van der Waals surface area contributed by atoms with Crippen LogP contribution in [0.1, 0.15) is 54.8 Å². The summed E-state index contributed by atoms with van der Waals surface area (Å²) in [6.07, 6.45) is 2.08. The maximum atomic E-state index is 11.1. The number of ketones is 1. The first-order valence-corrected chi connectivity index (χ1v) is 9.38. The van der Waals surface area contributed by atoms with E-state index in [1.165, 1.54) is 24.4 Å². The first-order valence-electron chi connectivity index (χ1n) is 9.38. The number of carboxylic acid groups (broad SMARTS) is 1. The Morgan fingerprint density at radius 1 is 1.03 bits per heavy atom. The number of nitrogens with two attached hydrogens (primary N) is 1. The summed E-state index contributed by atoms with van der Waals surface area (Å²) in [5.74, 6) is 2.67. The summed E-state index contributed by atoms with van der Waals surface area (Å²) in [6, 6.07) is 4.75. The second-order valence-electron chi connectivity index (χ2n) is 7.05. The minimum Gasteiger partial charge on any atom is -0.478 e. The van der Waals surface area contributed by atoms with Gasteiger partial charge in [0, 0.05) is 18.1 Å². The number of Topliss-reactive ketones (excluding diaryl/α,β-unsaturated/α-hetero) is 1. The minimum atomic E-state index is -1.21. The van der Waals surface area contributed by atoms with Crippen molar-refractivity contribution in [1.29, 1.82) is 0 Å². The molecule has 0 aliphatic heterocycles. The van der Waals surface area contributed by atoms with Crippen molar-refractivity contribution in [3.63, 3.8) is 0 Å². The summed E-state index contributed by atoms with van der Waals surface area (Å²) in [5.41, 5.74) is 1.59. The number of hydrogen-bond donors (Lipinski definition) is 3. The van der Waals surface area contributed by atoms with Crippen molar-refractivity contribution in [3.05, 3.63) is 68.0 Å². The number of hydrogen-bond acceptors (Lipinski definition) is 11. The molecule has 0 unspecified atom stereocenters. The molecule has 2 rings (SSSR count). The Morgan fingerprint density at radius 2 is 1.47 bits per heavy atom. The fraction of sp³-hybridized carbons (Fsp3) is 0.316. The third-order valence-electron chi connectivity index (χ3n) is 3.27. The van der Waals surface area contributed by atoms with Gasteiger partial charge in [0.25, 0.3) is 0 Å².